The number of carbonyl (C=O) groups excluding carboxylic acids is 2. The number of amidine groups is 1. The van der Waals surface area contributed by atoms with Gasteiger partial charge < -0.3 is 24.7 Å². The van der Waals surface area contributed by atoms with Gasteiger partial charge in [0, 0.05) is 19.3 Å². The minimum Gasteiger partial charge on any atom is -0.572 e. The third-order valence-electron chi connectivity index (χ3n) is 11.1. The SMILES string of the molecule is CCCCCCCCCOC(=O)CCCCCCCN(CCCCCCCC(=O)OC(CCCCCCCC)CCCCCCCC)CCCCC(N)=N[S+](N)[O-]. The van der Waals surface area contributed by atoms with Crippen LogP contribution in [0.5, 0.6) is 0 Å². The third kappa shape index (κ3) is 42.6. The van der Waals surface area contributed by atoms with E-state index < -0.39 is 11.5 Å². The molecule has 0 aromatic carbocycles. The van der Waals surface area contributed by atoms with Crippen molar-refractivity contribution in [2.45, 2.75) is 258 Å². The van der Waals surface area contributed by atoms with Crippen LogP contribution in [-0.2, 0) is 30.6 Å². The van der Waals surface area contributed by atoms with Crippen molar-refractivity contribution in [3.05, 3.63) is 0 Å². The number of ether oxygens (including phenoxy) is 2. The highest BCUT2D eigenvalue weighted by atomic mass is 32.2. The van der Waals surface area contributed by atoms with Crippen molar-refractivity contribution in [1.82, 2.24) is 4.90 Å². The number of unbranched alkanes of at least 4 members (excludes halogenated alkanes) is 25. The Morgan fingerprint density at radius 1 is 0.526 bits per heavy atom. The van der Waals surface area contributed by atoms with E-state index in [9.17, 15) is 14.1 Å². The highest BCUT2D eigenvalue weighted by Crippen LogP contribution is 2.19. The number of carbonyl (C=O) groups is 2. The van der Waals surface area contributed by atoms with E-state index in [-0.39, 0.29) is 18.0 Å². The summed E-state index contributed by atoms with van der Waals surface area (Å²) in [4.78, 5) is 27.5. The first-order valence-corrected chi connectivity index (χ1v) is 25.6. The molecular formula is C47H94N4O5S. The normalized spacial score (nSPS) is 12.5. The van der Waals surface area contributed by atoms with Crippen molar-refractivity contribution in [3.63, 3.8) is 0 Å². The highest BCUT2D eigenvalue weighted by molar-refractivity contribution is 7.88. The first-order valence-electron chi connectivity index (χ1n) is 24.4. The van der Waals surface area contributed by atoms with Gasteiger partial charge >= 0.3 is 11.9 Å². The number of hydrogen-bond donors (Lipinski definition) is 2. The van der Waals surface area contributed by atoms with Crippen LogP contribution in [0.3, 0.4) is 0 Å². The Hall–Kier alpha value is -1.36. The average molecular weight is 827 g/mol. The van der Waals surface area contributed by atoms with Crippen molar-refractivity contribution in [2.24, 2.45) is 15.3 Å². The summed E-state index contributed by atoms with van der Waals surface area (Å²) in [5.41, 5.74) is 5.86. The van der Waals surface area contributed by atoms with Gasteiger partial charge in [0.05, 0.1) is 6.61 Å². The molecule has 0 bridgehead atoms. The van der Waals surface area contributed by atoms with Crippen LogP contribution in [0.4, 0.5) is 0 Å². The van der Waals surface area contributed by atoms with E-state index >= 15 is 0 Å². The van der Waals surface area contributed by atoms with Gasteiger partial charge in [-0.05, 0) is 94.7 Å². The maximum atomic E-state index is 12.8. The van der Waals surface area contributed by atoms with Gasteiger partial charge in [0.2, 0.25) is 0 Å². The predicted molar refractivity (Wildman–Crippen MR) is 244 cm³/mol. The summed E-state index contributed by atoms with van der Waals surface area (Å²) >= 11 is -1.74. The van der Waals surface area contributed by atoms with Crippen LogP contribution in [0.2, 0.25) is 0 Å². The van der Waals surface area contributed by atoms with Crippen molar-refractivity contribution < 1.29 is 23.6 Å². The molecular weight excluding hydrogens is 733 g/mol. The molecule has 0 amide bonds. The number of rotatable bonds is 45. The van der Waals surface area contributed by atoms with Gasteiger partial charge in [-0.15, -0.1) is 5.14 Å². The van der Waals surface area contributed by atoms with E-state index in [1.54, 1.807) is 0 Å². The number of nitrogens with two attached hydrogens (primary N) is 2. The standard InChI is InChI=1S/C47H94N4O5S/c1-4-7-10-13-16-25-34-43-55-46(52)38-28-21-17-23-31-40-51(42-33-30-37-45(48)50-57(49)54)41-32-24-18-22-29-39-47(53)56-44(35-26-19-14-11-8-5-2)36-27-20-15-12-9-6-3/h44H,4-43,49H2,1-3H3,(H2,48,50). The van der Waals surface area contributed by atoms with Crippen LogP contribution < -0.4 is 10.9 Å². The molecule has 338 valence electrons. The van der Waals surface area contributed by atoms with Gasteiger partial charge in [-0.3, -0.25) is 9.59 Å². The second kappa shape index (κ2) is 44.2. The van der Waals surface area contributed by atoms with Gasteiger partial charge in [0.15, 0.2) is 17.4 Å². The minimum absolute atomic E-state index is 0.00487. The van der Waals surface area contributed by atoms with Crippen LogP contribution in [-0.4, -0.2) is 59.6 Å². The van der Waals surface area contributed by atoms with Crippen molar-refractivity contribution in [3.8, 4) is 0 Å². The maximum absolute atomic E-state index is 12.8. The second-order valence-electron chi connectivity index (χ2n) is 16.8. The smallest absolute Gasteiger partial charge is 0.306 e. The summed E-state index contributed by atoms with van der Waals surface area (Å²) in [6.45, 7) is 10.5. The lowest BCUT2D eigenvalue weighted by molar-refractivity contribution is -0.150. The Balaban J connectivity index is 4.41. The second-order valence-corrected chi connectivity index (χ2v) is 17.5. The van der Waals surface area contributed by atoms with Crippen LogP contribution in [0, 0.1) is 0 Å². The molecule has 0 aliphatic carbocycles. The molecule has 0 aromatic rings. The molecule has 10 heteroatoms. The summed E-state index contributed by atoms with van der Waals surface area (Å²) in [5.74, 6) is 0.325. The molecule has 0 saturated carbocycles. The molecule has 0 rings (SSSR count). The van der Waals surface area contributed by atoms with Crippen molar-refractivity contribution in [2.75, 3.05) is 26.2 Å². The van der Waals surface area contributed by atoms with Gasteiger partial charge in [0.1, 0.15) is 6.10 Å². The number of nitrogens with zero attached hydrogens (tertiary/aromatic N) is 2. The molecule has 0 aromatic heterocycles. The van der Waals surface area contributed by atoms with E-state index in [2.05, 4.69) is 30.1 Å². The predicted octanol–water partition coefficient (Wildman–Crippen LogP) is 12.7. The third-order valence-corrected chi connectivity index (χ3v) is 11.6. The zero-order chi connectivity index (χ0) is 41.9. The summed E-state index contributed by atoms with van der Waals surface area (Å²) < 4.78 is 26.4. The molecule has 0 saturated heterocycles. The first kappa shape index (κ1) is 55.6. The molecule has 0 radical (unpaired) electrons. The Labute approximate surface area is 356 Å². The molecule has 0 aliphatic heterocycles. The monoisotopic (exact) mass is 827 g/mol. The topological polar surface area (TPSA) is 143 Å². The van der Waals surface area contributed by atoms with E-state index in [1.165, 1.54) is 122 Å². The van der Waals surface area contributed by atoms with E-state index in [0.717, 1.165) is 110 Å². The van der Waals surface area contributed by atoms with Gasteiger partial charge in [-0.1, -0.05) is 162 Å². The quantitative estimate of drug-likeness (QED) is 0.0203. The first-order chi connectivity index (χ1) is 27.8. The molecule has 9 nitrogen and oxygen atoms in total. The van der Waals surface area contributed by atoms with Crippen LogP contribution >= 0.6 is 0 Å². The van der Waals surface area contributed by atoms with E-state index in [0.29, 0.717) is 31.7 Å². The van der Waals surface area contributed by atoms with Crippen molar-refractivity contribution >= 4 is 29.3 Å². The highest BCUT2D eigenvalue weighted by Gasteiger charge is 2.14. The lowest BCUT2D eigenvalue weighted by Gasteiger charge is -2.22. The summed E-state index contributed by atoms with van der Waals surface area (Å²) in [6, 6.07) is 0. The van der Waals surface area contributed by atoms with Crippen LogP contribution in [0.1, 0.15) is 252 Å². The fraction of sp³-hybridized carbons (Fsp3) is 0.936. The summed E-state index contributed by atoms with van der Waals surface area (Å²) in [6.07, 6.45) is 40.5. The lowest BCUT2D eigenvalue weighted by atomic mass is 10.0. The molecule has 0 fully saturated rings. The largest absolute Gasteiger partial charge is 0.572 e. The molecule has 57 heavy (non-hydrogen) atoms. The van der Waals surface area contributed by atoms with Crippen LogP contribution in [0.25, 0.3) is 0 Å². The fourth-order valence-electron chi connectivity index (χ4n) is 7.54. The van der Waals surface area contributed by atoms with Crippen LogP contribution in [0.15, 0.2) is 4.40 Å². The Bertz CT molecular complexity index is 893. The lowest BCUT2D eigenvalue weighted by Crippen LogP contribution is -2.27. The molecule has 0 spiro atoms. The van der Waals surface area contributed by atoms with E-state index in [4.69, 9.17) is 20.3 Å². The molecule has 1 atom stereocenters. The van der Waals surface area contributed by atoms with Gasteiger partial charge in [-0.25, -0.2) is 0 Å². The number of hydrogen-bond acceptors (Lipinski definition) is 8. The molecule has 1 unspecified atom stereocenters. The zero-order valence-corrected chi connectivity index (χ0v) is 38.7. The minimum atomic E-state index is -1.74. The average Bonchev–Trinajstić information content (AvgIpc) is 3.18. The molecule has 0 heterocycles. The Morgan fingerprint density at radius 3 is 1.37 bits per heavy atom. The molecule has 4 N–H and O–H groups in total. The summed E-state index contributed by atoms with van der Waals surface area (Å²) in [7, 11) is 0. The van der Waals surface area contributed by atoms with E-state index in [1.807, 2.05) is 0 Å². The number of esters is 2. The van der Waals surface area contributed by atoms with Crippen molar-refractivity contribution in [1.29, 1.82) is 0 Å². The summed E-state index contributed by atoms with van der Waals surface area (Å²) in [5, 5.41) is 5.25. The van der Waals surface area contributed by atoms with Gasteiger partial charge in [0.25, 0.3) is 0 Å². The van der Waals surface area contributed by atoms with Gasteiger partial charge in [-0.2, -0.15) is 0 Å². The Kier molecular flexibility index (Phi) is 43.1. The maximum Gasteiger partial charge on any atom is 0.306 e. The Morgan fingerprint density at radius 2 is 0.895 bits per heavy atom. The fourth-order valence-corrected chi connectivity index (χ4v) is 7.86. The zero-order valence-electron chi connectivity index (χ0n) is 37.9. The molecule has 0 aliphatic rings.